The number of aromatic nitrogens is 1. The number of carbonyl (C=O) groups is 1. The van der Waals surface area contributed by atoms with Gasteiger partial charge in [-0.15, -0.1) is 0 Å². The standard InChI is InChI=1S/C21H31N3O3S/c1-14-6-7-18-19(16(3)22-21(18)15(14)2)12-20(25)24(10-9-23(4)5)17-8-11-28(26,27)13-17/h6-7,17,22H,8-13H2,1-5H3/t17-/m1/s1. The van der Waals surface area contributed by atoms with E-state index in [1.54, 1.807) is 4.90 Å². The highest BCUT2D eigenvalue weighted by molar-refractivity contribution is 7.91. The third kappa shape index (κ3) is 4.25. The number of carbonyl (C=O) groups excluding carboxylic acids is 1. The molecule has 2 heterocycles. The zero-order valence-electron chi connectivity index (χ0n) is 17.5. The van der Waals surface area contributed by atoms with Crippen LogP contribution in [0.1, 0.15) is 28.8 Å². The maximum Gasteiger partial charge on any atom is 0.227 e. The molecule has 0 aliphatic carbocycles. The van der Waals surface area contributed by atoms with Crippen molar-refractivity contribution in [3.8, 4) is 0 Å². The molecule has 0 unspecified atom stereocenters. The van der Waals surface area contributed by atoms with Crippen molar-refractivity contribution in [3.05, 3.63) is 34.5 Å². The first-order chi connectivity index (χ1) is 13.1. The number of rotatable bonds is 6. The maximum atomic E-state index is 13.3. The fourth-order valence-corrected chi connectivity index (χ4v) is 5.74. The number of benzene rings is 1. The van der Waals surface area contributed by atoms with Gasteiger partial charge >= 0.3 is 0 Å². The van der Waals surface area contributed by atoms with Gasteiger partial charge in [0, 0.05) is 35.7 Å². The summed E-state index contributed by atoms with van der Waals surface area (Å²) in [4.78, 5) is 20.5. The number of nitrogens with one attached hydrogen (secondary N) is 1. The van der Waals surface area contributed by atoms with E-state index in [2.05, 4.69) is 31.0 Å². The molecule has 0 spiro atoms. The summed E-state index contributed by atoms with van der Waals surface area (Å²) in [5, 5.41) is 1.08. The van der Waals surface area contributed by atoms with Gasteiger partial charge in [0.1, 0.15) is 0 Å². The van der Waals surface area contributed by atoms with E-state index in [4.69, 9.17) is 0 Å². The van der Waals surface area contributed by atoms with Gasteiger partial charge in [0.15, 0.2) is 9.84 Å². The first-order valence-corrected chi connectivity index (χ1v) is 11.6. The van der Waals surface area contributed by atoms with Crippen LogP contribution in [0.15, 0.2) is 12.1 Å². The van der Waals surface area contributed by atoms with E-state index in [9.17, 15) is 13.2 Å². The number of likely N-dealkylation sites (N-methyl/N-ethyl adjacent to an activating group) is 1. The summed E-state index contributed by atoms with van der Waals surface area (Å²) < 4.78 is 23.9. The third-order valence-electron chi connectivity index (χ3n) is 5.91. The van der Waals surface area contributed by atoms with Gasteiger partial charge in [-0.3, -0.25) is 4.79 Å². The summed E-state index contributed by atoms with van der Waals surface area (Å²) in [5.41, 5.74) is 5.52. The molecule has 154 valence electrons. The van der Waals surface area contributed by atoms with Crippen LogP contribution >= 0.6 is 0 Å². The molecular formula is C21H31N3O3S. The second-order valence-electron chi connectivity index (χ2n) is 8.28. The van der Waals surface area contributed by atoms with Gasteiger partial charge in [0.2, 0.25) is 5.91 Å². The number of amides is 1. The van der Waals surface area contributed by atoms with Crippen LogP contribution < -0.4 is 0 Å². The molecule has 1 fully saturated rings. The molecule has 0 saturated carbocycles. The van der Waals surface area contributed by atoms with Crippen LogP contribution in [-0.2, 0) is 21.1 Å². The van der Waals surface area contributed by atoms with E-state index < -0.39 is 9.84 Å². The van der Waals surface area contributed by atoms with Crippen LogP contribution in [0.3, 0.4) is 0 Å². The average Bonchev–Trinajstić information content (AvgIpc) is 3.11. The minimum absolute atomic E-state index is 0.00572. The van der Waals surface area contributed by atoms with Gasteiger partial charge < -0.3 is 14.8 Å². The summed E-state index contributed by atoms with van der Waals surface area (Å²) in [6.07, 6.45) is 0.824. The summed E-state index contributed by atoms with van der Waals surface area (Å²) in [7, 11) is 0.881. The van der Waals surface area contributed by atoms with Gasteiger partial charge in [-0.2, -0.15) is 0 Å². The molecule has 0 radical (unpaired) electrons. The second kappa shape index (κ2) is 7.87. The largest absolute Gasteiger partial charge is 0.358 e. The van der Waals surface area contributed by atoms with Crippen LogP contribution in [-0.4, -0.2) is 73.8 Å². The molecule has 1 saturated heterocycles. The van der Waals surface area contributed by atoms with Crippen molar-refractivity contribution in [1.29, 1.82) is 0 Å². The van der Waals surface area contributed by atoms with Crippen molar-refractivity contribution in [2.75, 3.05) is 38.7 Å². The molecule has 1 aromatic carbocycles. The lowest BCUT2D eigenvalue weighted by Gasteiger charge is -2.29. The molecule has 1 aliphatic rings. The quantitative estimate of drug-likeness (QED) is 0.800. The Kier molecular flexibility index (Phi) is 5.87. The van der Waals surface area contributed by atoms with Gasteiger partial charge in [-0.1, -0.05) is 12.1 Å². The Morgan fingerprint density at radius 3 is 2.50 bits per heavy atom. The number of hydrogen-bond donors (Lipinski definition) is 1. The number of fused-ring (bicyclic) bond motifs is 1. The SMILES string of the molecule is Cc1ccc2c(CC(=O)N(CCN(C)C)[C@@H]3CCS(=O)(=O)C3)c(C)[nH]c2c1C. The van der Waals surface area contributed by atoms with Crippen molar-refractivity contribution in [2.24, 2.45) is 0 Å². The smallest absolute Gasteiger partial charge is 0.227 e. The molecule has 7 heteroatoms. The summed E-state index contributed by atoms with van der Waals surface area (Å²) in [5.74, 6) is 0.261. The zero-order chi connectivity index (χ0) is 20.6. The Balaban J connectivity index is 1.88. The number of H-pyrrole nitrogens is 1. The molecule has 0 bridgehead atoms. The lowest BCUT2D eigenvalue weighted by molar-refractivity contribution is -0.132. The molecule has 1 aliphatic heterocycles. The first kappa shape index (κ1) is 20.9. The van der Waals surface area contributed by atoms with Crippen molar-refractivity contribution < 1.29 is 13.2 Å². The second-order valence-corrected chi connectivity index (χ2v) is 10.5. The number of aromatic amines is 1. The van der Waals surface area contributed by atoms with Crippen LogP contribution in [0.5, 0.6) is 0 Å². The minimum atomic E-state index is -3.04. The topological polar surface area (TPSA) is 73.5 Å². The van der Waals surface area contributed by atoms with Crippen LogP contribution in [0.4, 0.5) is 0 Å². The van der Waals surface area contributed by atoms with E-state index in [0.717, 1.165) is 22.2 Å². The van der Waals surface area contributed by atoms with E-state index in [-0.39, 0.29) is 29.9 Å². The molecule has 2 aromatic rings. The zero-order valence-corrected chi connectivity index (χ0v) is 18.3. The maximum absolute atomic E-state index is 13.3. The summed E-state index contributed by atoms with van der Waals surface area (Å²) >= 11 is 0. The molecule has 6 nitrogen and oxygen atoms in total. The van der Waals surface area contributed by atoms with E-state index in [0.29, 0.717) is 19.5 Å². The molecule has 1 amide bonds. The third-order valence-corrected chi connectivity index (χ3v) is 7.66. The summed E-state index contributed by atoms with van der Waals surface area (Å²) in [6.45, 7) is 7.44. The van der Waals surface area contributed by atoms with E-state index >= 15 is 0 Å². The highest BCUT2D eigenvalue weighted by Crippen LogP contribution is 2.28. The highest BCUT2D eigenvalue weighted by Gasteiger charge is 2.34. The Morgan fingerprint density at radius 2 is 1.89 bits per heavy atom. The average molecular weight is 406 g/mol. The fourth-order valence-electron chi connectivity index (χ4n) is 4.01. The van der Waals surface area contributed by atoms with Crippen molar-refractivity contribution in [1.82, 2.24) is 14.8 Å². The van der Waals surface area contributed by atoms with Crippen LogP contribution in [0.25, 0.3) is 10.9 Å². The molecule has 1 aromatic heterocycles. The van der Waals surface area contributed by atoms with Crippen LogP contribution in [0.2, 0.25) is 0 Å². The number of sulfone groups is 1. The lowest BCUT2D eigenvalue weighted by Crippen LogP contribution is -2.45. The number of aryl methyl sites for hydroxylation is 3. The van der Waals surface area contributed by atoms with E-state index in [1.165, 1.54) is 11.1 Å². The van der Waals surface area contributed by atoms with Crippen molar-refractivity contribution in [3.63, 3.8) is 0 Å². The highest BCUT2D eigenvalue weighted by atomic mass is 32.2. The Hall–Kier alpha value is -1.86. The predicted molar refractivity (Wildman–Crippen MR) is 114 cm³/mol. The van der Waals surface area contributed by atoms with Gasteiger partial charge in [0.25, 0.3) is 0 Å². The van der Waals surface area contributed by atoms with E-state index in [1.807, 2.05) is 25.9 Å². The molecule has 3 rings (SSSR count). The molecule has 1 N–H and O–H groups in total. The van der Waals surface area contributed by atoms with Crippen LogP contribution in [0, 0.1) is 20.8 Å². The monoisotopic (exact) mass is 405 g/mol. The lowest BCUT2D eigenvalue weighted by atomic mass is 10.0. The molecular weight excluding hydrogens is 374 g/mol. The molecule has 28 heavy (non-hydrogen) atoms. The number of nitrogens with zero attached hydrogens (tertiary/aromatic N) is 2. The first-order valence-electron chi connectivity index (χ1n) is 9.81. The van der Waals surface area contributed by atoms with Gasteiger partial charge in [-0.25, -0.2) is 8.42 Å². The van der Waals surface area contributed by atoms with Crippen molar-refractivity contribution in [2.45, 2.75) is 39.7 Å². The molecule has 1 atom stereocenters. The number of hydrogen-bond acceptors (Lipinski definition) is 4. The van der Waals surface area contributed by atoms with Crippen molar-refractivity contribution >= 4 is 26.6 Å². The Labute approximate surface area is 167 Å². The predicted octanol–water partition coefficient (Wildman–Crippen LogP) is 2.21. The fraction of sp³-hybridized carbons (Fsp3) is 0.571. The Morgan fingerprint density at radius 1 is 1.18 bits per heavy atom. The summed E-state index contributed by atoms with van der Waals surface area (Å²) in [6, 6.07) is 3.95. The van der Waals surface area contributed by atoms with Gasteiger partial charge in [0.05, 0.1) is 17.9 Å². The normalized spacial score (nSPS) is 18.9. The Bertz CT molecular complexity index is 992. The van der Waals surface area contributed by atoms with Gasteiger partial charge in [-0.05, 0) is 58.0 Å². The minimum Gasteiger partial charge on any atom is -0.358 e.